The highest BCUT2D eigenvalue weighted by atomic mass is 32.2. The first-order valence-electron chi connectivity index (χ1n) is 17.3. The van der Waals surface area contributed by atoms with Gasteiger partial charge in [-0.15, -0.1) is 0 Å². The van der Waals surface area contributed by atoms with Gasteiger partial charge in [0.2, 0.25) is 11.8 Å². The van der Waals surface area contributed by atoms with Crippen molar-refractivity contribution in [3.05, 3.63) is 28.3 Å². The lowest BCUT2D eigenvalue weighted by atomic mass is 10.0. The molecule has 0 radical (unpaired) electrons. The Balaban J connectivity index is 1.12. The van der Waals surface area contributed by atoms with E-state index < -0.39 is 60.3 Å². The smallest absolute Gasteiger partial charge is 0.387 e. The van der Waals surface area contributed by atoms with Gasteiger partial charge in [0, 0.05) is 48.7 Å². The fourth-order valence-corrected chi connectivity index (χ4v) is 10.6. The summed E-state index contributed by atoms with van der Waals surface area (Å²) < 4.78 is 52.1. The molecule has 3 aliphatic rings. The molecule has 0 aliphatic carbocycles. The van der Waals surface area contributed by atoms with E-state index in [1.807, 2.05) is 11.8 Å². The lowest BCUT2D eigenvalue weighted by Crippen LogP contribution is -2.36. The number of ether oxygens (including phenoxy) is 1. The monoisotopic (exact) mass is 877 g/mol. The van der Waals surface area contributed by atoms with Crippen LogP contribution in [0.1, 0.15) is 63.2 Å². The molecule has 3 fully saturated rings. The van der Waals surface area contributed by atoms with Gasteiger partial charge in [-0.3, -0.25) is 18.7 Å². The maximum atomic E-state index is 12.6. The van der Waals surface area contributed by atoms with Crippen molar-refractivity contribution in [1.82, 2.24) is 30.8 Å². The lowest BCUT2D eigenvalue weighted by Gasteiger charge is -2.19. The standard InChI is InChI=1S/C28H46N7O17P3S/c29-25-16(13-35(28(41)34-25)26-24(39)23(38)18(50-26)14-49-54(45,46)52-55(47,48)51-53(42,43)44)7-6-12-31-20(36)9-2-1-5-11-30-21(37)10-4-3-8-19-22-17(15-56-19)32-27(40)33-22/h6-7,13,17-19,22-24,26,38-39H,1-5,8-12,14-15H2,(H,30,37)(H,31,36)(H,45,46)(H,47,48)(H2,29,34,41)(H2,32,33,40)(H2,42,43,44)/b7-6+/t17-,18+,19-,22-,23+,24+,26+/m0/s1. The van der Waals surface area contributed by atoms with Gasteiger partial charge in [0.1, 0.15) is 24.1 Å². The van der Waals surface area contributed by atoms with Crippen LogP contribution in [0.5, 0.6) is 0 Å². The molecule has 9 atom stereocenters. The number of aliphatic hydroxyl groups is 2. The molecule has 3 aliphatic heterocycles. The van der Waals surface area contributed by atoms with E-state index in [9.17, 15) is 52.9 Å². The fraction of sp³-hybridized carbons (Fsp3) is 0.679. The number of nitrogens with one attached hydrogen (secondary N) is 4. The Kier molecular flexibility index (Phi) is 16.7. The molecule has 0 saturated carbocycles. The van der Waals surface area contributed by atoms with Crippen molar-refractivity contribution in [2.24, 2.45) is 0 Å². The molecule has 24 nitrogen and oxygen atoms in total. The number of unbranched alkanes of at least 4 members (excludes halogenated alkanes) is 3. The van der Waals surface area contributed by atoms with Gasteiger partial charge in [-0.1, -0.05) is 25.0 Å². The van der Waals surface area contributed by atoms with E-state index in [2.05, 4.69) is 39.4 Å². The van der Waals surface area contributed by atoms with Crippen LogP contribution in [0.15, 0.2) is 17.1 Å². The summed E-state index contributed by atoms with van der Waals surface area (Å²) in [4.78, 5) is 88.4. The van der Waals surface area contributed by atoms with Crippen LogP contribution in [0.4, 0.5) is 10.6 Å². The molecule has 1 aromatic rings. The fourth-order valence-electron chi connectivity index (χ4n) is 6.00. The molecule has 28 heteroatoms. The molecule has 0 spiro atoms. The third-order valence-electron chi connectivity index (χ3n) is 8.64. The number of nitrogens with two attached hydrogens (primary N) is 1. The van der Waals surface area contributed by atoms with Gasteiger partial charge in [-0.25, -0.2) is 23.3 Å². The number of hydrogen-bond acceptors (Lipinski definition) is 16. The van der Waals surface area contributed by atoms with E-state index in [1.54, 1.807) is 0 Å². The summed E-state index contributed by atoms with van der Waals surface area (Å²) >= 11 is 1.85. The number of nitrogen functional groups attached to an aromatic ring is 1. The summed E-state index contributed by atoms with van der Waals surface area (Å²) in [6.45, 7) is -0.516. The highest BCUT2D eigenvalue weighted by Crippen LogP contribution is 2.66. The minimum Gasteiger partial charge on any atom is -0.387 e. The number of phosphoric acid groups is 3. The van der Waals surface area contributed by atoms with E-state index in [0.29, 0.717) is 31.1 Å². The second kappa shape index (κ2) is 20.3. The summed E-state index contributed by atoms with van der Waals surface area (Å²) in [5.74, 6) is 0.430. The quantitative estimate of drug-likeness (QED) is 0.0390. The molecule has 316 valence electrons. The Bertz CT molecular complexity index is 1800. The van der Waals surface area contributed by atoms with Crippen LogP contribution in [0, 0.1) is 0 Å². The van der Waals surface area contributed by atoms with Crippen LogP contribution in [0.2, 0.25) is 0 Å². The van der Waals surface area contributed by atoms with Crippen molar-refractivity contribution in [3.63, 3.8) is 0 Å². The van der Waals surface area contributed by atoms with Crippen LogP contribution < -0.4 is 32.7 Å². The summed E-state index contributed by atoms with van der Waals surface area (Å²) in [5, 5.41) is 32.8. The summed E-state index contributed by atoms with van der Waals surface area (Å²) in [6, 6.07) is 0.230. The van der Waals surface area contributed by atoms with E-state index in [-0.39, 0.29) is 54.3 Å². The molecule has 0 bridgehead atoms. The molecule has 12 N–H and O–H groups in total. The summed E-state index contributed by atoms with van der Waals surface area (Å²) in [6.07, 6.45) is 2.37. The van der Waals surface area contributed by atoms with Crippen molar-refractivity contribution in [3.8, 4) is 0 Å². The second-order valence-electron chi connectivity index (χ2n) is 12.9. The number of thioether (sulfide) groups is 1. The van der Waals surface area contributed by atoms with Crippen LogP contribution in [0.3, 0.4) is 0 Å². The van der Waals surface area contributed by atoms with E-state index in [0.717, 1.165) is 42.2 Å². The molecule has 0 aromatic carbocycles. The minimum atomic E-state index is -5.81. The number of amides is 4. The maximum absolute atomic E-state index is 12.6. The Hall–Kier alpha value is -2.73. The highest BCUT2D eigenvalue weighted by Gasteiger charge is 2.47. The average molecular weight is 878 g/mol. The summed E-state index contributed by atoms with van der Waals surface area (Å²) in [5.41, 5.74) is 4.97. The first-order chi connectivity index (χ1) is 26.2. The number of carbonyl (C=O) groups is 3. The molecule has 2 unspecified atom stereocenters. The second-order valence-corrected chi connectivity index (χ2v) is 18.6. The SMILES string of the molecule is Nc1nc(=O)n([C@@H]2O[C@H](COP(=O)(O)OP(=O)(O)OP(=O)(O)O)[C@@H](O)[C@H]2O)cc1/C=C/CNC(=O)CCCCCNC(=O)CCCC[C@@H]1SC[C@@H]2NC(=O)N[C@@H]21. The van der Waals surface area contributed by atoms with Gasteiger partial charge < -0.3 is 61.5 Å². The van der Waals surface area contributed by atoms with Crippen LogP contribution in [0.25, 0.3) is 6.08 Å². The third-order valence-corrected chi connectivity index (χ3v) is 13.9. The highest BCUT2D eigenvalue weighted by molar-refractivity contribution is 8.00. The molecule has 4 amide bonds. The molecular weight excluding hydrogens is 831 g/mol. The first kappa shape index (κ1) is 46.0. The zero-order valence-electron chi connectivity index (χ0n) is 29.7. The Morgan fingerprint density at radius 1 is 0.982 bits per heavy atom. The first-order valence-corrected chi connectivity index (χ1v) is 22.9. The number of aliphatic hydroxyl groups excluding tert-OH is 2. The van der Waals surface area contributed by atoms with Crippen LogP contribution in [-0.2, 0) is 41.2 Å². The van der Waals surface area contributed by atoms with E-state index >= 15 is 0 Å². The Morgan fingerprint density at radius 2 is 1.68 bits per heavy atom. The number of carbonyl (C=O) groups excluding carboxylic acids is 3. The number of rotatable bonds is 22. The van der Waals surface area contributed by atoms with Crippen LogP contribution >= 0.6 is 35.2 Å². The number of aromatic nitrogens is 2. The molecule has 3 saturated heterocycles. The number of anilines is 1. The number of fused-ring (bicyclic) bond motifs is 1. The number of urea groups is 1. The van der Waals surface area contributed by atoms with Crippen molar-refractivity contribution < 1.29 is 75.7 Å². The van der Waals surface area contributed by atoms with Gasteiger partial charge in [-0.2, -0.15) is 25.4 Å². The average Bonchev–Trinajstić information content (AvgIpc) is 3.73. The van der Waals surface area contributed by atoms with Crippen molar-refractivity contribution in [2.75, 3.05) is 31.2 Å². The minimum absolute atomic E-state index is 0.0185. The van der Waals surface area contributed by atoms with Gasteiger partial charge in [0.05, 0.1) is 18.7 Å². The summed E-state index contributed by atoms with van der Waals surface area (Å²) in [7, 11) is -17.0. The molecule has 4 rings (SSSR count). The van der Waals surface area contributed by atoms with Crippen molar-refractivity contribution in [2.45, 2.75) is 93.2 Å². The largest absolute Gasteiger partial charge is 0.490 e. The van der Waals surface area contributed by atoms with Gasteiger partial charge in [-0.05, 0) is 25.7 Å². The molecule has 1 aromatic heterocycles. The van der Waals surface area contributed by atoms with Gasteiger partial charge >= 0.3 is 35.2 Å². The molecular formula is C28H46N7O17P3S. The number of phosphoric ester groups is 1. The Labute approximate surface area is 323 Å². The zero-order valence-corrected chi connectivity index (χ0v) is 33.2. The Morgan fingerprint density at radius 3 is 2.39 bits per heavy atom. The maximum Gasteiger partial charge on any atom is 0.490 e. The van der Waals surface area contributed by atoms with Crippen LogP contribution in [-0.4, -0.2) is 118 Å². The zero-order chi connectivity index (χ0) is 41.3. The predicted octanol–water partition coefficient (Wildman–Crippen LogP) is -0.680. The van der Waals surface area contributed by atoms with E-state index in [1.165, 1.54) is 12.2 Å². The molecule has 56 heavy (non-hydrogen) atoms. The van der Waals surface area contributed by atoms with Gasteiger partial charge in [0.15, 0.2) is 6.23 Å². The third kappa shape index (κ3) is 14.3. The topological polar surface area (TPSA) is 370 Å². The lowest BCUT2D eigenvalue weighted by molar-refractivity contribution is -0.122. The number of nitrogens with zero attached hydrogens (tertiary/aromatic N) is 2. The predicted molar refractivity (Wildman–Crippen MR) is 196 cm³/mol. The molecule has 4 heterocycles. The van der Waals surface area contributed by atoms with Crippen molar-refractivity contribution in [1.29, 1.82) is 0 Å². The van der Waals surface area contributed by atoms with E-state index in [4.69, 9.17) is 20.3 Å². The van der Waals surface area contributed by atoms with Crippen molar-refractivity contribution >= 4 is 65.0 Å². The normalized spacial score (nSPS) is 27.0. The number of hydrogen-bond donors (Lipinski definition) is 11. The van der Waals surface area contributed by atoms with Gasteiger partial charge in [0.25, 0.3) is 0 Å².